The van der Waals surface area contributed by atoms with E-state index in [9.17, 15) is 4.79 Å². The van der Waals surface area contributed by atoms with Crippen LogP contribution in [-0.2, 0) is 4.79 Å². The lowest BCUT2D eigenvalue weighted by Gasteiger charge is -2.20. The van der Waals surface area contributed by atoms with Crippen LogP contribution in [0.25, 0.3) is 0 Å². The molecule has 6 heteroatoms. The maximum absolute atomic E-state index is 12.2. The molecule has 20 heavy (non-hydrogen) atoms. The summed E-state index contributed by atoms with van der Waals surface area (Å²) in [4.78, 5) is 14.4. The number of carbonyl (C=O) groups excluding carboxylic acids is 1. The molecule has 3 N–H and O–H groups in total. The molecule has 2 atom stereocenters. The number of amides is 1. The fraction of sp³-hybridized carbons (Fsp3) is 0.714. The lowest BCUT2D eigenvalue weighted by molar-refractivity contribution is -0.117. The molecule has 2 unspecified atom stereocenters. The van der Waals surface area contributed by atoms with Gasteiger partial charge in [-0.25, -0.2) is 4.68 Å². The largest absolute Gasteiger partial charge is 0.330 e. The minimum Gasteiger partial charge on any atom is -0.330 e. The van der Waals surface area contributed by atoms with Crippen LogP contribution < -0.4 is 11.1 Å². The summed E-state index contributed by atoms with van der Waals surface area (Å²) in [6.45, 7) is 8.26. The average molecular weight is 279 g/mol. The van der Waals surface area contributed by atoms with Crippen LogP contribution in [0.5, 0.6) is 0 Å². The summed E-state index contributed by atoms with van der Waals surface area (Å²) in [7, 11) is 0. The Bertz CT molecular complexity index is 456. The SMILES string of the molecule is CC1CC(CN)CN1CC(=O)Nc1ccnn1C(C)C. The molecule has 0 saturated carbocycles. The first-order valence-corrected chi connectivity index (χ1v) is 7.28. The Morgan fingerprint density at radius 3 is 2.95 bits per heavy atom. The molecule has 1 fully saturated rings. The van der Waals surface area contributed by atoms with Crippen LogP contribution in [0.1, 0.15) is 33.2 Å². The predicted molar refractivity (Wildman–Crippen MR) is 79.4 cm³/mol. The highest BCUT2D eigenvalue weighted by atomic mass is 16.2. The van der Waals surface area contributed by atoms with Gasteiger partial charge in [0.25, 0.3) is 0 Å². The molecule has 0 radical (unpaired) electrons. The quantitative estimate of drug-likeness (QED) is 0.845. The van der Waals surface area contributed by atoms with Crippen LogP contribution in [0.4, 0.5) is 5.82 Å². The highest BCUT2D eigenvalue weighted by Crippen LogP contribution is 2.21. The Morgan fingerprint density at radius 2 is 2.35 bits per heavy atom. The number of likely N-dealkylation sites (tertiary alicyclic amines) is 1. The monoisotopic (exact) mass is 279 g/mol. The van der Waals surface area contributed by atoms with Crippen molar-refractivity contribution in [3.05, 3.63) is 12.3 Å². The van der Waals surface area contributed by atoms with E-state index < -0.39 is 0 Å². The smallest absolute Gasteiger partial charge is 0.239 e. The Labute approximate surface area is 120 Å². The van der Waals surface area contributed by atoms with E-state index in [1.807, 2.05) is 24.6 Å². The minimum absolute atomic E-state index is 0.0110. The Kier molecular flexibility index (Phi) is 4.77. The van der Waals surface area contributed by atoms with Gasteiger partial charge >= 0.3 is 0 Å². The highest BCUT2D eigenvalue weighted by molar-refractivity contribution is 5.91. The number of rotatable bonds is 5. The van der Waals surface area contributed by atoms with E-state index >= 15 is 0 Å². The zero-order valence-electron chi connectivity index (χ0n) is 12.5. The van der Waals surface area contributed by atoms with E-state index in [2.05, 4.69) is 22.2 Å². The molecular formula is C14H25N5O. The Hall–Kier alpha value is -1.40. The number of nitrogens with two attached hydrogens (primary N) is 1. The molecule has 0 spiro atoms. The summed E-state index contributed by atoms with van der Waals surface area (Å²) in [5, 5.41) is 7.15. The molecule has 1 amide bonds. The Morgan fingerprint density at radius 1 is 1.60 bits per heavy atom. The third kappa shape index (κ3) is 3.37. The van der Waals surface area contributed by atoms with Gasteiger partial charge in [0.05, 0.1) is 12.7 Å². The van der Waals surface area contributed by atoms with Gasteiger partial charge in [0.2, 0.25) is 5.91 Å². The predicted octanol–water partition coefficient (Wildman–Crippen LogP) is 1.07. The van der Waals surface area contributed by atoms with Crippen molar-refractivity contribution in [1.29, 1.82) is 0 Å². The van der Waals surface area contributed by atoms with Crippen molar-refractivity contribution in [2.75, 3.05) is 25.0 Å². The van der Waals surface area contributed by atoms with Crippen molar-refractivity contribution in [2.45, 2.75) is 39.3 Å². The number of anilines is 1. The van der Waals surface area contributed by atoms with E-state index in [0.29, 0.717) is 25.0 Å². The van der Waals surface area contributed by atoms with Crippen LogP contribution in [0.3, 0.4) is 0 Å². The first-order chi connectivity index (χ1) is 9.51. The van der Waals surface area contributed by atoms with Crippen molar-refractivity contribution in [2.24, 2.45) is 11.7 Å². The standard InChI is InChI=1S/C14H25N5O/c1-10(2)19-13(4-5-16-19)17-14(20)9-18-8-12(7-15)6-11(18)3/h4-5,10-12H,6-9,15H2,1-3H3,(H,17,20). The van der Waals surface area contributed by atoms with E-state index in [1.54, 1.807) is 6.20 Å². The number of aromatic nitrogens is 2. The second-order valence-electron chi connectivity index (χ2n) is 5.92. The van der Waals surface area contributed by atoms with Crippen LogP contribution in [0.2, 0.25) is 0 Å². The molecule has 0 aromatic carbocycles. The molecule has 2 rings (SSSR count). The zero-order chi connectivity index (χ0) is 14.7. The molecule has 1 aromatic rings. The highest BCUT2D eigenvalue weighted by Gasteiger charge is 2.29. The number of hydrogen-bond acceptors (Lipinski definition) is 4. The van der Waals surface area contributed by atoms with Crippen molar-refractivity contribution in [3.63, 3.8) is 0 Å². The third-order valence-electron chi connectivity index (χ3n) is 3.90. The fourth-order valence-electron chi connectivity index (χ4n) is 2.80. The summed E-state index contributed by atoms with van der Waals surface area (Å²) in [5.74, 6) is 1.28. The average Bonchev–Trinajstić information content (AvgIpc) is 2.97. The van der Waals surface area contributed by atoms with Gasteiger partial charge in [-0.05, 0) is 39.7 Å². The van der Waals surface area contributed by atoms with Crippen molar-refractivity contribution in [3.8, 4) is 0 Å². The van der Waals surface area contributed by atoms with Gasteiger partial charge in [0.1, 0.15) is 5.82 Å². The van der Waals surface area contributed by atoms with Crippen molar-refractivity contribution >= 4 is 11.7 Å². The summed E-state index contributed by atoms with van der Waals surface area (Å²) in [5.41, 5.74) is 5.71. The van der Waals surface area contributed by atoms with E-state index in [4.69, 9.17) is 5.73 Å². The lowest BCUT2D eigenvalue weighted by Crippen LogP contribution is -2.36. The van der Waals surface area contributed by atoms with Gasteiger partial charge in [-0.15, -0.1) is 0 Å². The maximum atomic E-state index is 12.2. The summed E-state index contributed by atoms with van der Waals surface area (Å²) >= 11 is 0. The zero-order valence-corrected chi connectivity index (χ0v) is 12.5. The van der Waals surface area contributed by atoms with E-state index in [1.165, 1.54) is 0 Å². The summed E-state index contributed by atoms with van der Waals surface area (Å²) in [6.07, 6.45) is 2.78. The van der Waals surface area contributed by atoms with Gasteiger partial charge in [-0.1, -0.05) is 0 Å². The molecule has 6 nitrogen and oxygen atoms in total. The first kappa shape index (κ1) is 15.0. The first-order valence-electron chi connectivity index (χ1n) is 7.28. The number of nitrogens with zero attached hydrogens (tertiary/aromatic N) is 3. The maximum Gasteiger partial charge on any atom is 0.239 e. The third-order valence-corrected chi connectivity index (χ3v) is 3.90. The number of nitrogens with one attached hydrogen (secondary N) is 1. The van der Waals surface area contributed by atoms with Crippen molar-refractivity contribution < 1.29 is 4.79 Å². The topological polar surface area (TPSA) is 76.2 Å². The Balaban J connectivity index is 1.91. The minimum atomic E-state index is 0.0110. The fourth-order valence-corrected chi connectivity index (χ4v) is 2.80. The molecule has 1 aliphatic rings. The second-order valence-corrected chi connectivity index (χ2v) is 5.92. The molecule has 1 saturated heterocycles. The molecule has 112 valence electrons. The molecular weight excluding hydrogens is 254 g/mol. The van der Waals surface area contributed by atoms with Crippen LogP contribution in [0.15, 0.2) is 12.3 Å². The normalized spacial score (nSPS) is 23.4. The molecule has 0 bridgehead atoms. The van der Waals surface area contributed by atoms with E-state index in [0.717, 1.165) is 18.8 Å². The van der Waals surface area contributed by atoms with Gasteiger partial charge in [0.15, 0.2) is 0 Å². The molecule has 1 aliphatic heterocycles. The van der Waals surface area contributed by atoms with Crippen LogP contribution >= 0.6 is 0 Å². The van der Waals surface area contributed by atoms with Gasteiger partial charge in [-0.3, -0.25) is 9.69 Å². The second kappa shape index (κ2) is 6.37. The van der Waals surface area contributed by atoms with E-state index in [-0.39, 0.29) is 11.9 Å². The summed E-state index contributed by atoms with van der Waals surface area (Å²) in [6, 6.07) is 2.48. The van der Waals surface area contributed by atoms with Gasteiger partial charge < -0.3 is 11.1 Å². The molecule has 2 heterocycles. The molecule has 0 aliphatic carbocycles. The number of carbonyl (C=O) groups is 1. The van der Waals surface area contributed by atoms with Gasteiger partial charge in [0, 0.05) is 24.7 Å². The molecule has 1 aromatic heterocycles. The van der Waals surface area contributed by atoms with Crippen LogP contribution in [-0.4, -0.2) is 46.3 Å². The van der Waals surface area contributed by atoms with Crippen molar-refractivity contribution in [1.82, 2.24) is 14.7 Å². The van der Waals surface area contributed by atoms with Gasteiger partial charge in [-0.2, -0.15) is 5.10 Å². The number of hydrogen-bond donors (Lipinski definition) is 2. The summed E-state index contributed by atoms with van der Waals surface area (Å²) < 4.78 is 1.81. The van der Waals surface area contributed by atoms with Crippen LogP contribution in [0, 0.1) is 5.92 Å². The lowest BCUT2D eigenvalue weighted by atomic mass is 10.1.